The normalized spacial score (nSPS) is 14.5. The molecule has 0 radical (unpaired) electrons. The SMILES string of the molecule is CCC(=O)OC(C)(N)C#P=O. The van der Waals surface area contributed by atoms with Gasteiger partial charge in [0.25, 0.3) is 0 Å². The Hall–Kier alpha value is -0.560. The topological polar surface area (TPSA) is 69.4 Å². The van der Waals surface area contributed by atoms with Gasteiger partial charge in [-0.3, -0.25) is 0 Å². The monoisotopic (exact) mass is 175 g/mol. The van der Waals surface area contributed by atoms with Crippen molar-refractivity contribution in [3.8, 4) is 5.63 Å². The number of nitrogens with two attached hydrogens (primary N) is 1. The molecule has 0 amide bonds. The van der Waals surface area contributed by atoms with Crippen LogP contribution in [0, 0.1) is 5.63 Å². The van der Waals surface area contributed by atoms with Gasteiger partial charge in [-0.05, 0) is 0 Å². The fraction of sp³-hybridized carbons (Fsp3) is 0.667. The summed E-state index contributed by atoms with van der Waals surface area (Å²) in [5.41, 5.74) is 6.23. The van der Waals surface area contributed by atoms with Gasteiger partial charge in [0.1, 0.15) is 0 Å². The van der Waals surface area contributed by atoms with Crippen molar-refractivity contribution in [2.24, 2.45) is 5.73 Å². The second-order valence-corrected chi connectivity index (χ2v) is 2.54. The van der Waals surface area contributed by atoms with Crippen LogP contribution in [0.15, 0.2) is 0 Å². The van der Waals surface area contributed by atoms with E-state index in [0.29, 0.717) is 0 Å². The van der Waals surface area contributed by atoms with E-state index in [1.807, 2.05) is 0 Å². The van der Waals surface area contributed by atoms with E-state index >= 15 is 0 Å². The minimum absolute atomic E-state index is 0.240. The predicted octanol–water partition coefficient (Wildman–Crippen LogP) is 0.865. The predicted molar refractivity (Wildman–Crippen MR) is 40.5 cm³/mol. The summed E-state index contributed by atoms with van der Waals surface area (Å²) in [4.78, 5) is 10.7. The van der Waals surface area contributed by atoms with Crippen LogP contribution >= 0.6 is 7.92 Å². The summed E-state index contributed by atoms with van der Waals surface area (Å²) in [6.45, 7) is 3.05. The van der Waals surface area contributed by atoms with Gasteiger partial charge in [-0.25, -0.2) is 0 Å². The van der Waals surface area contributed by atoms with Crippen LogP contribution in [0.5, 0.6) is 0 Å². The Bertz CT molecular complexity index is 242. The van der Waals surface area contributed by atoms with E-state index < -0.39 is 11.7 Å². The Morgan fingerprint density at radius 2 is 2.36 bits per heavy atom. The molecule has 0 fully saturated rings. The Kier molecular flexibility index (Phi) is 4.12. The first kappa shape index (κ1) is 10.4. The van der Waals surface area contributed by atoms with E-state index in [2.05, 4.69) is 10.4 Å². The Balaban J connectivity index is 4.19. The first-order valence-corrected chi connectivity index (χ1v) is 3.93. The zero-order valence-electron chi connectivity index (χ0n) is 6.46. The molecule has 0 saturated carbocycles. The number of hydrogen-bond donors (Lipinski definition) is 1. The second-order valence-electron chi connectivity index (χ2n) is 2.14. The van der Waals surface area contributed by atoms with Gasteiger partial charge >= 0.3 is 65.3 Å². The number of carbonyl (C=O) groups is 1. The van der Waals surface area contributed by atoms with Crippen molar-refractivity contribution >= 4 is 13.9 Å². The molecular formula is C6H10NO3P. The Labute approximate surface area is 66.2 Å². The zero-order valence-corrected chi connectivity index (χ0v) is 7.35. The number of rotatable bonds is 2. The zero-order chi connectivity index (χ0) is 8.91. The van der Waals surface area contributed by atoms with Gasteiger partial charge in [-0.1, -0.05) is 0 Å². The van der Waals surface area contributed by atoms with Crippen LogP contribution < -0.4 is 5.73 Å². The molecule has 0 aromatic rings. The van der Waals surface area contributed by atoms with Crippen LogP contribution in [0.1, 0.15) is 20.3 Å². The molecule has 1 unspecified atom stereocenters. The molecule has 0 aromatic heterocycles. The van der Waals surface area contributed by atoms with Gasteiger partial charge < -0.3 is 0 Å². The molecule has 5 heteroatoms. The van der Waals surface area contributed by atoms with E-state index in [1.54, 1.807) is 6.92 Å². The second kappa shape index (κ2) is 4.35. The first-order valence-electron chi connectivity index (χ1n) is 3.12. The summed E-state index contributed by atoms with van der Waals surface area (Å²) < 4.78 is 14.7. The van der Waals surface area contributed by atoms with E-state index in [1.165, 1.54) is 6.92 Å². The molecule has 2 N–H and O–H groups in total. The molecule has 0 rings (SSSR count). The minimum atomic E-state index is -1.35. The summed E-state index contributed by atoms with van der Waals surface area (Å²) in [5, 5.41) is 0. The third kappa shape index (κ3) is 4.79. The fourth-order valence-corrected chi connectivity index (χ4v) is 0.649. The quantitative estimate of drug-likeness (QED) is 0.384. The standard InChI is InChI=1S/C6H10NO3P/c1-3-5(8)10-6(2,7)4-11-9/h3,7H2,1-2H3. The van der Waals surface area contributed by atoms with Crippen molar-refractivity contribution in [2.75, 3.05) is 0 Å². The average molecular weight is 175 g/mol. The van der Waals surface area contributed by atoms with E-state index in [9.17, 15) is 9.36 Å². The average Bonchev–Trinajstić information content (AvgIpc) is 1.86. The van der Waals surface area contributed by atoms with Crippen molar-refractivity contribution in [1.29, 1.82) is 0 Å². The van der Waals surface area contributed by atoms with Gasteiger partial charge in [-0.2, -0.15) is 0 Å². The van der Waals surface area contributed by atoms with Gasteiger partial charge in [-0.15, -0.1) is 0 Å². The van der Waals surface area contributed by atoms with Crippen LogP contribution in [0.25, 0.3) is 0 Å². The number of ether oxygens (including phenoxy) is 1. The van der Waals surface area contributed by atoms with E-state index in [-0.39, 0.29) is 14.3 Å². The summed E-state index contributed by atoms with van der Waals surface area (Å²) in [6, 6.07) is 0. The van der Waals surface area contributed by atoms with Gasteiger partial charge in [0.15, 0.2) is 0 Å². The molecule has 0 aliphatic rings. The summed E-state index contributed by atoms with van der Waals surface area (Å²) in [6.07, 6.45) is 0.240. The number of carbonyl (C=O) groups excluding carboxylic acids is 1. The van der Waals surface area contributed by atoms with E-state index in [4.69, 9.17) is 5.73 Å². The Morgan fingerprint density at radius 1 is 1.82 bits per heavy atom. The van der Waals surface area contributed by atoms with Gasteiger partial charge in [0, 0.05) is 0 Å². The molecule has 11 heavy (non-hydrogen) atoms. The van der Waals surface area contributed by atoms with Crippen LogP contribution in [-0.4, -0.2) is 11.7 Å². The van der Waals surface area contributed by atoms with Crippen molar-refractivity contribution in [1.82, 2.24) is 0 Å². The number of hydrogen-bond acceptors (Lipinski definition) is 4. The van der Waals surface area contributed by atoms with Crippen molar-refractivity contribution in [2.45, 2.75) is 26.0 Å². The van der Waals surface area contributed by atoms with Crippen molar-refractivity contribution < 1.29 is 14.1 Å². The van der Waals surface area contributed by atoms with Gasteiger partial charge in [0.05, 0.1) is 0 Å². The van der Waals surface area contributed by atoms with Crippen LogP contribution in [-0.2, 0) is 14.1 Å². The summed E-state index contributed by atoms with van der Waals surface area (Å²) in [7, 11) is -0.367. The van der Waals surface area contributed by atoms with Crippen LogP contribution in [0.4, 0.5) is 0 Å². The molecule has 0 saturated heterocycles. The molecule has 0 aliphatic carbocycles. The third-order valence-electron chi connectivity index (χ3n) is 0.882. The Morgan fingerprint density at radius 3 is 2.73 bits per heavy atom. The summed E-state index contributed by atoms with van der Waals surface area (Å²) in [5.74, 6) is -0.439. The summed E-state index contributed by atoms with van der Waals surface area (Å²) >= 11 is 0. The van der Waals surface area contributed by atoms with Crippen molar-refractivity contribution in [3.63, 3.8) is 0 Å². The van der Waals surface area contributed by atoms with Crippen molar-refractivity contribution in [3.05, 3.63) is 0 Å². The molecule has 0 heterocycles. The molecule has 0 aromatic carbocycles. The number of esters is 1. The maximum absolute atomic E-state index is 10.7. The molecule has 1 atom stereocenters. The fourth-order valence-electron chi connectivity index (χ4n) is 0.422. The maximum atomic E-state index is 10.7. The molecule has 0 aliphatic heterocycles. The molecule has 0 bridgehead atoms. The third-order valence-corrected chi connectivity index (χ3v) is 1.42. The molecule has 0 spiro atoms. The van der Waals surface area contributed by atoms with Crippen LogP contribution in [0.3, 0.4) is 0 Å². The van der Waals surface area contributed by atoms with E-state index in [0.717, 1.165) is 0 Å². The molecule has 62 valence electrons. The van der Waals surface area contributed by atoms with Crippen LogP contribution in [0.2, 0.25) is 0 Å². The molecule has 4 nitrogen and oxygen atoms in total. The first-order chi connectivity index (χ1) is 5.02. The van der Waals surface area contributed by atoms with Gasteiger partial charge in [0.2, 0.25) is 0 Å². The molecular weight excluding hydrogens is 165 g/mol.